The van der Waals surface area contributed by atoms with Gasteiger partial charge in [0.15, 0.2) is 0 Å². The zero-order valence-corrected chi connectivity index (χ0v) is 12.9. The molecule has 21 heavy (non-hydrogen) atoms. The second-order valence-corrected chi connectivity index (χ2v) is 5.39. The van der Waals surface area contributed by atoms with E-state index in [9.17, 15) is 5.26 Å². The van der Waals surface area contributed by atoms with Crippen LogP contribution in [0, 0.1) is 11.3 Å². The van der Waals surface area contributed by atoms with Crippen molar-refractivity contribution >= 4 is 22.9 Å². The first-order valence-corrected chi connectivity index (χ1v) is 7.22. The van der Waals surface area contributed by atoms with Crippen LogP contribution in [0.25, 0.3) is 0 Å². The van der Waals surface area contributed by atoms with Gasteiger partial charge < -0.3 is 20.9 Å². The maximum absolute atomic E-state index is 9.38. The van der Waals surface area contributed by atoms with Crippen molar-refractivity contribution in [1.29, 1.82) is 5.26 Å². The molecule has 0 bridgehead atoms. The molecule has 1 aliphatic rings. The number of nitriles is 1. The Hall–Kier alpha value is -2.10. The molecule has 5 nitrogen and oxygen atoms in total. The first-order chi connectivity index (χ1) is 10.1. The number of hydrogen-bond donors (Lipinski definition) is 2. The van der Waals surface area contributed by atoms with E-state index in [1.54, 1.807) is 0 Å². The summed E-state index contributed by atoms with van der Waals surface area (Å²) >= 11 is 5.32. The smallest absolute Gasteiger partial charge is 0.127 e. The normalized spacial score (nSPS) is 16.9. The molecule has 1 aromatic rings. The lowest BCUT2D eigenvalue weighted by molar-refractivity contribution is 0.184. The van der Waals surface area contributed by atoms with E-state index in [4.69, 9.17) is 18.0 Å². The fourth-order valence-electron chi connectivity index (χ4n) is 2.14. The zero-order valence-electron chi connectivity index (χ0n) is 12.0. The number of anilines is 1. The number of nitrogens with one attached hydrogen (secondary N) is 1. The Balaban J connectivity index is 2.12. The summed E-state index contributed by atoms with van der Waals surface area (Å²) in [5.41, 5.74) is 7.32. The fourth-order valence-corrected chi connectivity index (χ4v) is 2.41. The molecule has 0 amide bonds. The quantitative estimate of drug-likeness (QED) is 0.499. The van der Waals surface area contributed by atoms with Crippen LogP contribution in [-0.2, 0) is 0 Å². The van der Waals surface area contributed by atoms with Gasteiger partial charge in [0.2, 0.25) is 0 Å². The topological polar surface area (TPSA) is 68.3 Å². The fraction of sp³-hybridized carbons (Fsp3) is 0.333. The van der Waals surface area contributed by atoms with E-state index < -0.39 is 0 Å². The summed E-state index contributed by atoms with van der Waals surface area (Å²) in [5, 5.41) is 12.4. The third-order valence-electron chi connectivity index (χ3n) is 3.47. The zero-order chi connectivity index (χ0) is 15.2. The van der Waals surface area contributed by atoms with E-state index in [1.807, 2.05) is 35.2 Å². The minimum absolute atomic E-state index is 0.332. The Labute approximate surface area is 130 Å². The van der Waals surface area contributed by atoms with Gasteiger partial charge in [-0.2, -0.15) is 5.26 Å². The molecular weight excluding hydrogens is 282 g/mol. The number of rotatable bonds is 3. The molecule has 0 spiro atoms. The molecule has 1 heterocycles. The van der Waals surface area contributed by atoms with Crippen LogP contribution in [0.1, 0.15) is 0 Å². The second-order valence-electron chi connectivity index (χ2n) is 4.98. The number of para-hydroxylation sites is 1. The van der Waals surface area contributed by atoms with Crippen molar-refractivity contribution in [3.8, 4) is 6.07 Å². The van der Waals surface area contributed by atoms with Crippen LogP contribution in [0.4, 0.5) is 5.69 Å². The van der Waals surface area contributed by atoms with Gasteiger partial charge in [0.1, 0.15) is 22.5 Å². The molecule has 0 atom stereocenters. The molecule has 0 aliphatic carbocycles. The van der Waals surface area contributed by atoms with E-state index in [0.717, 1.165) is 31.9 Å². The van der Waals surface area contributed by atoms with E-state index in [1.165, 1.54) is 0 Å². The van der Waals surface area contributed by atoms with Gasteiger partial charge in [0.05, 0.1) is 0 Å². The van der Waals surface area contributed by atoms with Gasteiger partial charge in [-0.25, -0.2) is 0 Å². The van der Waals surface area contributed by atoms with Gasteiger partial charge in [0.25, 0.3) is 0 Å². The molecule has 1 aliphatic heterocycles. The van der Waals surface area contributed by atoms with Crippen molar-refractivity contribution in [2.75, 3.05) is 38.5 Å². The van der Waals surface area contributed by atoms with E-state index in [2.05, 4.69) is 23.3 Å². The SMILES string of the molecule is CN1CCN(/C(N)=C(\C#N)C(=S)Nc2ccccc2)CC1. The molecule has 1 saturated heterocycles. The summed E-state index contributed by atoms with van der Waals surface area (Å²) in [7, 11) is 2.07. The maximum atomic E-state index is 9.38. The summed E-state index contributed by atoms with van der Waals surface area (Å²) in [5.74, 6) is 0.457. The predicted molar refractivity (Wildman–Crippen MR) is 88.6 cm³/mol. The summed E-state index contributed by atoms with van der Waals surface area (Å²) in [6, 6.07) is 11.7. The lowest BCUT2D eigenvalue weighted by Crippen LogP contribution is -2.46. The summed E-state index contributed by atoms with van der Waals surface area (Å²) in [4.78, 5) is 4.61. The Morgan fingerprint density at radius 3 is 2.43 bits per heavy atom. The molecule has 1 aromatic carbocycles. The minimum Gasteiger partial charge on any atom is -0.384 e. The average molecular weight is 301 g/mol. The highest BCUT2D eigenvalue weighted by atomic mass is 32.1. The van der Waals surface area contributed by atoms with Crippen LogP contribution in [0.15, 0.2) is 41.7 Å². The molecular formula is C15H19N5S. The number of piperazine rings is 1. The maximum Gasteiger partial charge on any atom is 0.127 e. The molecule has 110 valence electrons. The van der Waals surface area contributed by atoms with Crippen LogP contribution in [0.5, 0.6) is 0 Å². The summed E-state index contributed by atoms with van der Waals surface area (Å²) in [6.45, 7) is 3.47. The molecule has 0 radical (unpaired) electrons. The summed E-state index contributed by atoms with van der Waals surface area (Å²) in [6.07, 6.45) is 0. The Morgan fingerprint density at radius 1 is 1.24 bits per heavy atom. The van der Waals surface area contributed by atoms with E-state index >= 15 is 0 Å². The van der Waals surface area contributed by atoms with Crippen molar-refractivity contribution in [3.05, 3.63) is 41.7 Å². The average Bonchev–Trinajstić information content (AvgIpc) is 2.49. The van der Waals surface area contributed by atoms with Gasteiger partial charge in [0, 0.05) is 31.9 Å². The van der Waals surface area contributed by atoms with Crippen LogP contribution in [-0.4, -0.2) is 48.0 Å². The highest BCUT2D eigenvalue weighted by Gasteiger charge is 2.19. The Bertz CT molecular complexity index is 567. The van der Waals surface area contributed by atoms with Gasteiger partial charge in [-0.1, -0.05) is 30.4 Å². The highest BCUT2D eigenvalue weighted by molar-refractivity contribution is 7.81. The molecule has 6 heteroatoms. The van der Waals surface area contributed by atoms with Crippen LogP contribution >= 0.6 is 12.2 Å². The molecule has 0 saturated carbocycles. The van der Waals surface area contributed by atoms with Gasteiger partial charge in [-0.15, -0.1) is 0 Å². The standard InChI is InChI=1S/C15H19N5S/c1-19-7-9-20(10-8-19)14(17)13(11-16)15(21)18-12-5-3-2-4-6-12/h2-6H,7-10,17H2,1H3,(H,18,21)/b14-13+. The Morgan fingerprint density at radius 2 is 1.86 bits per heavy atom. The van der Waals surface area contributed by atoms with Crippen molar-refractivity contribution in [3.63, 3.8) is 0 Å². The van der Waals surface area contributed by atoms with Gasteiger partial charge >= 0.3 is 0 Å². The van der Waals surface area contributed by atoms with Gasteiger partial charge in [-0.05, 0) is 19.2 Å². The largest absolute Gasteiger partial charge is 0.384 e. The number of nitrogens with two attached hydrogens (primary N) is 1. The predicted octanol–water partition coefficient (Wildman–Crippen LogP) is 1.37. The first kappa shape index (κ1) is 15.3. The Kier molecular flexibility index (Phi) is 5.14. The number of benzene rings is 1. The minimum atomic E-state index is 0.332. The molecule has 2 rings (SSSR count). The van der Waals surface area contributed by atoms with Crippen LogP contribution < -0.4 is 11.1 Å². The second kappa shape index (κ2) is 7.07. The third-order valence-corrected chi connectivity index (χ3v) is 3.78. The number of nitrogens with zero attached hydrogens (tertiary/aromatic N) is 3. The monoisotopic (exact) mass is 301 g/mol. The number of likely N-dealkylation sites (N-methyl/N-ethyl adjacent to an activating group) is 1. The van der Waals surface area contributed by atoms with Crippen LogP contribution in [0.3, 0.4) is 0 Å². The van der Waals surface area contributed by atoms with E-state index in [0.29, 0.717) is 16.4 Å². The molecule has 0 aromatic heterocycles. The van der Waals surface area contributed by atoms with Crippen molar-refractivity contribution in [2.24, 2.45) is 5.73 Å². The van der Waals surface area contributed by atoms with Crippen molar-refractivity contribution in [2.45, 2.75) is 0 Å². The van der Waals surface area contributed by atoms with Crippen molar-refractivity contribution in [1.82, 2.24) is 9.80 Å². The number of hydrogen-bond acceptors (Lipinski definition) is 5. The third kappa shape index (κ3) is 3.94. The van der Waals surface area contributed by atoms with E-state index in [-0.39, 0.29) is 0 Å². The lowest BCUT2D eigenvalue weighted by atomic mass is 10.2. The van der Waals surface area contributed by atoms with Crippen molar-refractivity contribution < 1.29 is 0 Å². The summed E-state index contributed by atoms with van der Waals surface area (Å²) < 4.78 is 0. The lowest BCUT2D eigenvalue weighted by Gasteiger charge is -2.34. The first-order valence-electron chi connectivity index (χ1n) is 6.81. The van der Waals surface area contributed by atoms with Crippen LogP contribution in [0.2, 0.25) is 0 Å². The highest BCUT2D eigenvalue weighted by Crippen LogP contribution is 2.13. The molecule has 1 fully saturated rings. The number of thiocarbonyl (C=S) groups is 1. The van der Waals surface area contributed by atoms with Gasteiger partial charge in [-0.3, -0.25) is 0 Å². The molecule has 0 unspecified atom stereocenters. The molecule has 3 N–H and O–H groups in total.